The maximum atomic E-state index is 11.7. The summed E-state index contributed by atoms with van der Waals surface area (Å²) >= 11 is 10.8. The maximum absolute atomic E-state index is 11.7. The molecule has 0 fully saturated rings. The molecule has 6 heteroatoms. The largest absolute Gasteiger partial charge is 0.272 e. The van der Waals surface area contributed by atoms with E-state index >= 15 is 0 Å². The van der Waals surface area contributed by atoms with Crippen LogP contribution in [-0.2, 0) is 0 Å². The fraction of sp³-hybridized carbons (Fsp3) is 0. The minimum absolute atomic E-state index is 0.326. The Morgan fingerprint density at radius 1 is 1.44 bits per heavy atom. The van der Waals surface area contributed by atoms with Crippen molar-refractivity contribution in [1.29, 1.82) is 0 Å². The molecule has 2 rings (SSSR count). The normalized spacial score (nSPS) is 10.8. The summed E-state index contributed by atoms with van der Waals surface area (Å²) in [6, 6.07) is 8.74. The van der Waals surface area contributed by atoms with Crippen LogP contribution in [0.4, 0.5) is 0 Å². The average molecular weight is 344 g/mol. The Labute approximate surface area is 122 Å². The molecule has 2 aromatic rings. The number of carbonyl (C=O) groups is 1. The highest BCUT2D eigenvalue weighted by atomic mass is 79.9. The van der Waals surface area contributed by atoms with E-state index in [1.165, 1.54) is 11.3 Å². The number of rotatable bonds is 3. The minimum atomic E-state index is -0.326. The van der Waals surface area contributed by atoms with Crippen LogP contribution in [0.1, 0.15) is 15.2 Å². The first-order valence-electron chi connectivity index (χ1n) is 4.99. The van der Waals surface area contributed by atoms with Crippen LogP contribution in [0.15, 0.2) is 45.3 Å². The van der Waals surface area contributed by atoms with Gasteiger partial charge in [-0.3, -0.25) is 4.79 Å². The molecule has 0 aliphatic carbocycles. The molecule has 1 aromatic carbocycles. The second-order valence-electron chi connectivity index (χ2n) is 3.35. The highest BCUT2D eigenvalue weighted by Crippen LogP contribution is 2.18. The predicted molar refractivity (Wildman–Crippen MR) is 78.5 cm³/mol. The Morgan fingerprint density at radius 3 is 2.89 bits per heavy atom. The third-order valence-corrected chi connectivity index (χ3v) is 4.02. The minimum Gasteiger partial charge on any atom is -0.267 e. The highest BCUT2D eigenvalue weighted by Gasteiger charge is 2.07. The molecule has 1 aromatic heterocycles. The lowest BCUT2D eigenvalue weighted by atomic mass is 10.2. The molecule has 18 heavy (non-hydrogen) atoms. The van der Waals surface area contributed by atoms with Crippen molar-refractivity contribution in [1.82, 2.24) is 5.43 Å². The second-order valence-corrected chi connectivity index (χ2v) is 5.61. The van der Waals surface area contributed by atoms with Crippen molar-refractivity contribution >= 4 is 51.0 Å². The standard InChI is InChI=1S/C12H8BrClN2OS/c13-8-5-9(18-7-8)6-15-16-12(17)10-3-1-2-4-11(10)14/h1-7H,(H,16,17)/b15-6-. The summed E-state index contributed by atoms with van der Waals surface area (Å²) in [6.45, 7) is 0. The lowest BCUT2D eigenvalue weighted by molar-refractivity contribution is 0.0955. The molecule has 1 amide bonds. The van der Waals surface area contributed by atoms with E-state index in [2.05, 4.69) is 26.5 Å². The first-order valence-corrected chi connectivity index (χ1v) is 7.04. The zero-order chi connectivity index (χ0) is 13.0. The van der Waals surface area contributed by atoms with Gasteiger partial charge in [-0.2, -0.15) is 5.10 Å². The molecule has 0 radical (unpaired) electrons. The summed E-state index contributed by atoms with van der Waals surface area (Å²) in [5.41, 5.74) is 2.84. The molecule has 0 saturated carbocycles. The van der Waals surface area contributed by atoms with Crippen LogP contribution in [0.3, 0.4) is 0 Å². The van der Waals surface area contributed by atoms with Crippen molar-refractivity contribution in [3.8, 4) is 0 Å². The number of carbonyl (C=O) groups excluding carboxylic acids is 1. The number of benzene rings is 1. The number of hydrogen-bond acceptors (Lipinski definition) is 3. The van der Waals surface area contributed by atoms with Crippen LogP contribution < -0.4 is 5.43 Å². The van der Waals surface area contributed by atoms with Crippen LogP contribution in [-0.4, -0.2) is 12.1 Å². The predicted octanol–water partition coefficient (Wildman–Crippen LogP) is 3.93. The van der Waals surface area contributed by atoms with E-state index < -0.39 is 0 Å². The quantitative estimate of drug-likeness (QED) is 0.666. The SMILES string of the molecule is O=C(N/N=C\c1cc(Br)cs1)c1ccccc1Cl. The van der Waals surface area contributed by atoms with Gasteiger partial charge in [0.2, 0.25) is 0 Å². The van der Waals surface area contributed by atoms with Crippen LogP contribution in [0.2, 0.25) is 5.02 Å². The van der Waals surface area contributed by atoms with Crippen molar-refractivity contribution in [2.24, 2.45) is 5.10 Å². The molecular formula is C12H8BrClN2OS. The summed E-state index contributed by atoms with van der Waals surface area (Å²) in [4.78, 5) is 12.7. The summed E-state index contributed by atoms with van der Waals surface area (Å²) in [6.07, 6.45) is 1.59. The first-order chi connectivity index (χ1) is 8.66. The van der Waals surface area contributed by atoms with Crippen molar-refractivity contribution < 1.29 is 4.79 Å². The number of halogens is 2. The third kappa shape index (κ3) is 3.41. The molecule has 0 saturated heterocycles. The smallest absolute Gasteiger partial charge is 0.267 e. The highest BCUT2D eigenvalue weighted by molar-refractivity contribution is 9.10. The van der Waals surface area contributed by atoms with E-state index in [0.29, 0.717) is 10.6 Å². The summed E-state index contributed by atoms with van der Waals surface area (Å²) in [5, 5.41) is 6.23. The lowest BCUT2D eigenvalue weighted by Crippen LogP contribution is -2.17. The van der Waals surface area contributed by atoms with Crippen LogP contribution in [0.25, 0.3) is 0 Å². The van der Waals surface area contributed by atoms with Gasteiger partial charge in [0.15, 0.2) is 0 Å². The van der Waals surface area contributed by atoms with Gasteiger partial charge in [0.25, 0.3) is 5.91 Å². The Bertz CT molecular complexity index is 597. The third-order valence-electron chi connectivity index (χ3n) is 2.06. The number of hydrazone groups is 1. The topological polar surface area (TPSA) is 41.5 Å². The average Bonchev–Trinajstić information content (AvgIpc) is 2.75. The molecule has 0 unspecified atom stereocenters. The van der Waals surface area contributed by atoms with E-state index in [-0.39, 0.29) is 5.91 Å². The summed E-state index contributed by atoms with van der Waals surface area (Å²) in [5.74, 6) is -0.326. The van der Waals surface area contributed by atoms with E-state index in [1.807, 2.05) is 11.4 Å². The Balaban J connectivity index is 2.01. The van der Waals surface area contributed by atoms with Crippen LogP contribution >= 0.6 is 38.9 Å². The number of nitrogens with one attached hydrogen (secondary N) is 1. The van der Waals surface area contributed by atoms with Gasteiger partial charge in [0.1, 0.15) is 0 Å². The van der Waals surface area contributed by atoms with Crippen molar-refractivity contribution in [2.75, 3.05) is 0 Å². The Hall–Kier alpha value is -1.17. The zero-order valence-electron chi connectivity index (χ0n) is 9.06. The summed E-state index contributed by atoms with van der Waals surface area (Å²) in [7, 11) is 0. The van der Waals surface area contributed by atoms with Crippen molar-refractivity contribution in [3.05, 3.63) is 55.6 Å². The van der Waals surface area contributed by atoms with Gasteiger partial charge in [-0.1, -0.05) is 23.7 Å². The molecule has 92 valence electrons. The van der Waals surface area contributed by atoms with Crippen molar-refractivity contribution in [2.45, 2.75) is 0 Å². The lowest BCUT2D eigenvalue weighted by Gasteiger charge is -2.01. The van der Waals surface area contributed by atoms with Gasteiger partial charge in [-0.25, -0.2) is 5.43 Å². The second kappa shape index (κ2) is 6.13. The van der Waals surface area contributed by atoms with E-state index in [9.17, 15) is 4.79 Å². The summed E-state index contributed by atoms with van der Waals surface area (Å²) < 4.78 is 0.992. The van der Waals surface area contributed by atoms with Crippen LogP contribution in [0, 0.1) is 0 Å². The Morgan fingerprint density at radius 2 is 2.22 bits per heavy atom. The van der Waals surface area contributed by atoms with Crippen molar-refractivity contribution in [3.63, 3.8) is 0 Å². The molecular weight excluding hydrogens is 336 g/mol. The molecule has 0 atom stereocenters. The fourth-order valence-corrected chi connectivity index (χ4v) is 2.78. The van der Waals surface area contributed by atoms with Gasteiger partial charge in [0.05, 0.1) is 16.8 Å². The first kappa shape index (κ1) is 13.3. The molecule has 0 aliphatic rings. The monoisotopic (exact) mass is 342 g/mol. The van der Waals surface area contributed by atoms with E-state index in [0.717, 1.165) is 9.35 Å². The van der Waals surface area contributed by atoms with Gasteiger partial charge in [-0.15, -0.1) is 11.3 Å². The maximum Gasteiger partial charge on any atom is 0.272 e. The number of thiophene rings is 1. The molecule has 0 bridgehead atoms. The van der Waals surface area contributed by atoms with Gasteiger partial charge >= 0.3 is 0 Å². The molecule has 0 spiro atoms. The van der Waals surface area contributed by atoms with Gasteiger partial charge < -0.3 is 0 Å². The molecule has 1 N–H and O–H groups in total. The zero-order valence-corrected chi connectivity index (χ0v) is 12.2. The number of amides is 1. The molecule has 1 heterocycles. The number of nitrogens with zero attached hydrogens (tertiary/aromatic N) is 1. The van der Waals surface area contributed by atoms with Crippen LogP contribution in [0.5, 0.6) is 0 Å². The molecule has 3 nitrogen and oxygen atoms in total. The Kier molecular flexibility index (Phi) is 4.52. The number of hydrogen-bond donors (Lipinski definition) is 1. The van der Waals surface area contributed by atoms with Gasteiger partial charge in [-0.05, 0) is 34.1 Å². The van der Waals surface area contributed by atoms with Gasteiger partial charge in [0, 0.05) is 14.7 Å². The van der Waals surface area contributed by atoms with E-state index in [4.69, 9.17) is 11.6 Å². The fourth-order valence-electron chi connectivity index (χ4n) is 1.26. The molecule has 0 aliphatic heterocycles. The van der Waals surface area contributed by atoms with E-state index in [1.54, 1.807) is 30.5 Å².